The minimum Gasteiger partial charge on any atom is -0.378 e. The summed E-state index contributed by atoms with van der Waals surface area (Å²) in [4.78, 5) is 35.5. The van der Waals surface area contributed by atoms with Crippen LogP contribution in [0.2, 0.25) is 0 Å². The van der Waals surface area contributed by atoms with Crippen LogP contribution in [0.4, 0.5) is 17.2 Å². The fourth-order valence-electron chi connectivity index (χ4n) is 4.81. The van der Waals surface area contributed by atoms with E-state index in [1.165, 1.54) is 0 Å². The molecule has 4 aromatic rings. The Morgan fingerprint density at radius 2 is 1.80 bits per heavy atom. The molecule has 1 saturated heterocycles. The van der Waals surface area contributed by atoms with Gasteiger partial charge in [0.25, 0.3) is 5.91 Å². The molecule has 1 aliphatic rings. The van der Waals surface area contributed by atoms with E-state index in [0.29, 0.717) is 42.1 Å². The Morgan fingerprint density at radius 3 is 2.61 bits per heavy atom. The Morgan fingerprint density at radius 1 is 1.00 bits per heavy atom. The summed E-state index contributed by atoms with van der Waals surface area (Å²) in [5, 5.41) is 14.9. The number of rotatable bonds is 12. The van der Waals surface area contributed by atoms with Crippen LogP contribution >= 0.6 is 0 Å². The van der Waals surface area contributed by atoms with Crippen LogP contribution in [0.15, 0.2) is 67.1 Å². The highest BCUT2D eigenvalue weighted by Crippen LogP contribution is 2.26. The Labute approximate surface area is 238 Å². The number of morpholine rings is 1. The maximum absolute atomic E-state index is 12.8. The monoisotopic (exact) mass is 557 g/mol. The summed E-state index contributed by atoms with van der Waals surface area (Å²) >= 11 is 0. The zero-order valence-corrected chi connectivity index (χ0v) is 22.9. The summed E-state index contributed by atoms with van der Waals surface area (Å²) in [5.74, 6) is 0.104. The number of imidazole rings is 1. The Hall–Kier alpha value is -4.48. The summed E-state index contributed by atoms with van der Waals surface area (Å²) < 4.78 is 7.38. The second-order valence-electron chi connectivity index (χ2n) is 9.94. The van der Waals surface area contributed by atoms with Crippen molar-refractivity contribution in [2.45, 2.75) is 32.1 Å². The minimum absolute atomic E-state index is 0.145. The number of hydrogen-bond acceptors (Lipinski definition) is 8. The van der Waals surface area contributed by atoms with Gasteiger partial charge < -0.3 is 24.7 Å². The summed E-state index contributed by atoms with van der Waals surface area (Å²) in [5.41, 5.74) is 6.50. The molecule has 4 N–H and O–H groups in total. The number of amides is 2. The normalized spacial score (nSPS) is 13.2. The van der Waals surface area contributed by atoms with Crippen LogP contribution in [0, 0.1) is 0 Å². The van der Waals surface area contributed by atoms with Gasteiger partial charge in [-0.25, -0.2) is 15.4 Å². The second-order valence-corrected chi connectivity index (χ2v) is 9.94. The van der Waals surface area contributed by atoms with Crippen molar-refractivity contribution < 1.29 is 19.5 Å². The van der Waals surface area contributed by atoms with Crippen LogP contribution in [0.5, 0.6) is 0 Å². The van der Waals surface area contributed by atoms with E-state index in [4.69, 9.17) is 14.9 Å². The first-order valence-corrected chi connectivity index (χ1v) is 14.0. The molecule has 1 fully saturated rings. The molecule has 214 valence electrons. The topological polar surface area (TPSA) is 133 Å². The highest BCUT2D eigenvalue weighted by atomic mass is 16.5. The largest absolute Gasteiger partial charge is 0.378 e. The van der Waals surface area contributed by atoms with Crippen LogP contribution in [0.1, 0.15) is 42.5 Å². The van der Waals surface area contributed by atoms with Crippen LogP contribution in [-0.4, -0.2) is 64.2 Å². The fourth-order valence-corrected chi connectivity index (χ4v) is 4.81. The Balaban J connectivity index is 1.23. The van der Waals surface area contributed by atoms with Gasteiger partial charge in [0.05, 0.1) is 18.9 Å². The van der Waals surface area contributed by atoms with Crippen LogP contribution < -0.4 is 21.0 Å². The number of carbonyl (C=O) groups excluding carboxylic acids is 2. The van der Waals surface area contributed by atoms with Crippen molar-refractivity contribution in [3.63, 3.8) is 0 Å². The number of nitrogens with zero attached hydrogens (tertiary/aromatic N) is 4. The average Bonchev–Trinajstić information content (AvgIpc) is 3.50. The predicted molar refractivity (Wildman–Crippen MR) is 157 cm³/mol. The van der Waals surface area contributed by atoms with Crippen LogP contribution in [0.25, 0.3) is 16.9 Å². The number of hydroxylamine groups is 1. The molecular formula is C30H35N7O4. The summed E-state index contributed by atoms with van der Waals surface area (Å²) in [7, 11) is 0. The predicted octanol–water partition coefficient (Wildman–Crippen LogP) is 4.16. The van der Waals surface area contributed by atoms with E-state index in [0.717, 1.165) is 62.5 Å². The summed E-state index contributed by atoms with van der Waals surface area (Å²) in [6.45, 7) is 3.80. The standard InChI is InChI=1S/C30H35N7O4/c38-27(35-40)8-3-1-2-4-13-32-30(39)23-7-5-6-22(20-23)26-21-37-15-14-31-29(37)28(34-26)33-24-9-11-25(12-10-24)36-16-18-41-19-17-36/h5-7,9-12,14-15,20-21,40H,1-4,8,13,16-19H2,(H,32,39)(H,33,34)(H,35,38). The molecule has 2 aromatic heterocycles. The highest BCUT2D eigenvalue weighted by molar-refractivity contribution is 5.95. The van der Waals surface area contributed by atoms with E-state index < -0.39 is 0 Å². The molecule has 2 amide bonds. The maximum atomic E-state index is 12.8. The first-order valence-electron chi connectivity index (χ1n) is 14.0. The van der Waals surface area contributed by atoms with Gasteiger partial charge >= 0.3 is 0 Å². The number of carbonyl (C=O) groups is 2. The van der Waals surface area contributed by atoms with Crippen molar-refractivity contribution in [1.82, 2.24) is 25.2 Å². The lowest BCUT2D eigenvalue weighted by Crippen LogP contribution is -2.36. The van der Waals surface area contributed by atoms with E-state index in [1.807, 2.05) is 47.1 Å². The minimum atomic E-state index is -0.374. The molecule has 0 aliphatic carbocycles. The summed E-state index contributed by atoms with van der Waals surface area (Å²) in [6, 6.07) is 15.7. The highest BCUT2D eigenvalue weighted by Gasteiger charge is 2.14. The van der Waals surface area contributed by atoms with Crippen molar-refractivity contribution in [3.05, 3.63) is 72.7 Å². The van der Waals surface area contributed by atoms with Crippen molar-refractivity contribution in [2.24, 2.45) is 0 Å². The molecule has 11 nitrogen and oxygen atoms in total. The molecule has 0 radical (unpaired) electrons. The fraction of sp³-hybridized carbons (Fsp3) is 0.333. The van der Waals surface area contributed by atoms with Crippen molar-refractivity contribution in [1.29, 1.82) is 0 Å². The molecule has 0 unspecified atom stereocenters. The van der Waals surface area contributed by atoms with Gasteiger partial charge in [0.2, 0.25) is 5.91 Å². The number of benzene rings is 2. The zero-order chi connectivity index (χ0) is 28.4. The van der Waals surface area contributed by atoms with Crippen molar-refractivity contribution in [2.75, 3.05) is 43.1 Å². The molecule has 41 heavy (non-hydrogen) atoms. The number of unbranched alkanes of at least 4 members (excludes halogenated alkanes) is 3. The van der Waals surface area contributed by atoms with Gasteiger partial charge in [0.1, 0.15) is 0 Å². The number of fused-ring (bicyclic) bond motifs is 1. The SMILES string of the molecule is O=C(CCCCCCNC(=O)c1cccc(-c2cn3ccnc3c(Nc3ccc(N4CCOCC4)cc3)n2)c1)NO. The quantitative estimate of drug-likeness (QED) is 0.116. The molecule has 0 saturated carbocycles. The number of nitrogens with one attached hydrogen (secondary N) is 3. The number of anilines is 3. The van der Waals surface area contributed by atoms with Gasteiger partial charge in [0, 0.05) is 67.1 Å². The smallest absolute Gasteiger partial charge is 0.251 e. The average molecular weight is 558 g/mol. The molecule has 0 spiro atoms. The number of ether oxygens (including phenoxy) is 1. The van der Waals surface area contributed by atoms with E-state index in [2.05, 4.69) is 32.7 Å². The molecular weight excluding hydrogens is 522 g/mol. The Bertz CT molecular complexity index is 1470. The molecule has 3 heterocycles. The second kappa shape index (κ2) is 13.7. The van der Waals surface area contributed by atoms with Gasteiger partial charge in [-0.1, -0.05) is 25.0 Å². The van der Waals surface area contributed by atoms with E-state index in [9.17, 15) is 9.59 Å². The van der Waals surface area contributed by atoms with E-state index >= 15 is 0 Å². The van der Waals surface area contributed by atoms with E-state index in [1.54, 1.807) is 17.7 Å². The number of hydrogen-bond donors (Lipinski definition) is 4. The van der Waals surface area contributed by atoms with Crippen LogP contribution in [0.3, 0.4) is 0 Å². The van der Waals surface area contributed by atoms with E-state index in [-0.39, 0.29) is 11.8 Å². The lowest BCUT2D eigenvalue weighted by Gasteiger charge is -2.28. The number of aromatic nitrogens is 3. The molecule has 2 aromatic carbocycles. The molecule has 5 rings (SSSR count). The molecule has 0 atom stereocenters. The molecule has 1 aliphatic heterocycles. The zero-order valence-electron chi connectivity index (χ0n) is 22.9. The van der Waals surface area contributed by atoms with Gasteiger partial charge in [-0.2, -0.15) is 0 Å². The van der Waals surface area contributed by atoms with Gasteiger partial charge in [-0.15, -0.1) is 0 Å². The summed E-state index contributed by atoms with van der Waals surface area (Å²) in [6.07, 6.45) is 9.07. The van der Waals surface area contributed by atoms with Crippen LogP contribution in [-0.2, 0) is 9.53 Å². The van der Waals surface area contributed by atoms with Crippen molar-refractivity contribution in [3.8, 4) is 11.3 Å². The molecule has 11 heteroatoms. The third-order valence-electron chi connectivity index (χ3n) is 7.04. The Kier molecular flexibility index (Phi) is 9.40. The van der Waals surface area contributed by atoms with Crippen molar-refractivity contribution >= 4 is 34.7 Å². The third kappa shape index (κ3) is 7.38. The lowest BCUT2D eigenvalue weighted by atomic mass is 10.1. The first kappa shape index (κ1) is 28.1. The lowest BCUT2D eigenvalue weighted by molar-refractivity contribution is -0.129. The van der Waals surface area contributed by atoms with Gasteiger partial charge in [0.15, 0.2) is 11.5 Å². The third-order valence-corrected chi connectivity index (χ3v) is 7.04. The maximum Gasteiger partial charge on any atom is 0.251 e. The first-order chi connectivity index (χ1) is 20.1. The van der Waals surface area contributed by atoms with Gasteiger partial charge in [-0.3, -0.25) is 14.8 Å². The molecule has 0 bridgehead atoms. The van der Waals surface area contributed by atoms with Gasteiger partial charge in [-0.05, 0) is 49.2 Å².